The van der Waals surface area contributed by atoms with Gasteiger partial charge in [0.1, 0.15) is 11.6 Å². The molecule has 1 saturated heterocycles. The Morgan fingerprint density at radius 2 is 2.41 bits per heavy atom. The fourth-order valence-electron chi connectivity index (χ4n) is 2.67. The van der Waals surface area contributed by atoms with E-state index in [4.69, 9.17) is 4.74 Å². The van der Waals surface area contributed by atoms with E-state index >= 15 is 0 Å². The maximum absolute atomic E-state index is 5.47. The number of morpholine rings is 1. The molecule has 2 aliphatic rings. The molecule has 1 fully saturated rings. The first-order chi connectivity index (χ1) is 8.33. The van der Waals surface area contributed by atoms with Gasteiger partial charge in [0, 0.05) is 32.0 Å². The van der Waals surface area contributed by atoms with Crippen LogP contribution in [0.15, 0.2) is 0 Å². The van der Waals surface area contributed by atoms with Gasteiger partial charge in [-0.15, -0.1) is 10.2 Å². The molecule has 3 heterocycles. The fraction of sp³-hybridized carbons (Fsp3) is 0.833. The summed E-state index contributed by atoms with van der Waals surface area (Å²) in [6, 6.07) is 0.399. The molecule has 0 aromatic carbocycles. The Morgan fingerprint density at radius 1 is 1.47 bits per heavy atom. The number of aromatic nitrogens is 3. The predicted molar refractivity (Wildman–Crippen MR) is 63.8 cm³/mol. The minimum atomic E-state index is 0.399. The van der Waals surface area contributed by atoms with Gasteiger partial charge in [-0.1, -0.05) is 6.92 Å². The normalized spacial score (nSPS) is 29.0. The van der Waals surface area contributed by atoms with E-state index in [1.165, 1.54) is 6.42 Å². The Hall–Kier alpha value is -0.940. The molecule has 17 heavy (non-hydrogen) atoms. The van der Waals surface area contributed by atoms with E-state index in [-0.39, 0.29) is 0 Å². The summed E-state index contributed by atoms with van der Waals surface area (Å²) in [5.74, 6) is 3.03. The van der Waals surface area contributed by atoms with Crippen molar-refractivity contribution in [2.75, 3.05) is 19.8 Å². The third-order valence-electron chi connectivity index (χ3n) is 3.71. The Labute approximate surface area is 102 Å². The second kappa shape index (κ2) is 4.74. The van der Waals surface area contributed by atoms with E-state index in [0.717, 1.165) is 56.7 Å². The van der Waals surface area contributed by atoms with Gasteiger partial charge >= 0.3 is 0 Å². The van der Waals surface area contributed by atoms with Crippen LogP contribution in [-0.4, -0.2) is 40.6 Å². The standard InChI is InChI=1S/C12H20N4O/c1-9-2-4-16-11(6-9)14-15-12(16)7-10-8-17-5-3-13-10/h9-10,13H,2-8H2,1H3. The molecule has 0 amide bonds. The van der Waals surface area contributed by atoms with E-state index in [9.17, 15) is 0 Å². The number of hydrogen-bond donors (Lipinski definition) is 1. The van der Waals surface area contributed by atoms with E-state index < -0.39 is 0 Å². The van der Waals surface area contributed by atoms with Crippen LogP contribution >= 0.6 is 0 Å². The fourth-order valence-corrected chi connectivity index (χ4v) is 2.67. The number of rotatable bonds is 2. The summed E-state index contributed by atoms with van der Waals surface area (Å²) in [6.45, 7) is 5.92. The second-order valence-corrected chi connectivity index (χ2v) is 5.21. The van der Waals surface area contributed by atoms with Gasteiger partial charge in [0.05, 0.1) is 13.2 Å². The van der Waals surface area contributed by atoms with Crippen LogP contribution in [0, 0.1) is 5.92 Å². The highest BCUT2D eigenvalue weighted by Gasteiger charge is 2.22. The van der Waals surface area contributed by atoms with Gasteiger partial charge in [-0.25, -0.2) is 0 Å². The summed E-state index contributed by atoms with van der Waals surface area (Å²) in [4.78, 5) is 0. The average Bonchev–Trinajstić information content (AvgIpc) is 2.73. The minimum Gasteiger partial charge on any atom is -0.379 e. The molecule has 1 aromatic rings. The molecule has 0 bridgehead atoms. The highest BCUT2D eigenvalue weighted by Crippen LogP contribution is 2.20. The zero-order valence-electron chi connectivity index (χ0n) is 10.4. The minimum absolute atomic E-state index is 0.399. The summed E-state index contributed by atoms with van der Waals surface area (Å²) in [5, 5.41) is 12.1. The lowest BCUT2D eigenvalue weighted by atomic mass is 10.00. The van der Waals surface area contributed by atoms with Crippen molar-refractivity contribution in [3.05, 3.63) is 11.6 Å². The topological polar surface area (TPSA) is 52.0 Å². The van der Waals surface area contributed by atoms with Gasteiger partial charge < -0.3 is 14.6 Å². The zero-order chi connectivity index (χ0) is 11.7. The van der Waals surface area contributed by atoms with Crippen LogP contribution < -0.4 is 5.32 Å². The molecule has 0 saturated carbocycles. The summed E-state index contributed by atoms with van der Waals surface area (Å²) in [5.41, 5.74) is 0. The summed E-state index contributed by atoms with van der Waals surface area (Å²) >= 11 is 0. The molecular weight excluding hydrogens is 216 g/mol. The van der Waals surface area contributed by atoms with E-state index in [0.29, 0.717) is 6.04 Å². The van der Waals surface area contributed by atoms with Crippen molar-refractivity contribution in [3.63, 3.8) is 0 Å². The molecule has 2 unspecified atom stereocenters. The van der Waals surface area contributed by atoms with Gasteiger partial charge in [-0.2, -0.15) is 0 Å². The molecule has 2 aliphatic heterocycles. The van der Waals surface area contributed by atoms with Crippen molar-refractivity contribution >= 4 is 0 Å². The maximum atomic E-state index is 5.47. The molecule has 1 aromatic heterocycles. The first kappa shape index (κ1) is 11.2. The van der Waals surface area contributed by atoms with Crippen molar-refractivity contribution in [2.24, 2.45) is 5.92 Å². The monoisotopic (exact) mass is 236 g/mol. The van der Waals surface area contributed by atoms with Crippen molar-refractivity contribution in [3.8, 4) is 0 Å². The number of nitrogens with one attached hydrogen (secondary N) is 1. The Bertz CT molecular complexity index is 384. The molecule has 3 rings (SSSR count). The van der Waals surface area contributed by atoms with E-state index in [1.807, 2.05) is 0 Å². The highest BCUT2D eigenvalue weighted by molar-refractivity contribution is 5.02. The maximum Gasteiger partial charge on any atom is 0.134 e. The molecule has 5 heteroatoms. The first-order valence-corrected chi connectivity index (χ1v) is 6.55. The van der Waals surface area contributed by atoms with E-state index in [1.54, 1.807) is 0 Å². The van der Waals surface area contributed by atoms with Gasteiger partial charge in [0.2, 0.25) is 0 Å². The van der Waals surface area contributed by atoms with Crippen LogP contribution in [0.25, 0.3) is 0 Å². The Kier molecular flexibility index (Phi) is 3.11. The molecule has 94 valence electrons. The predicted octanol–water partition coefficient (Wildman–Crippen LogP) is 0.391. The van der Waals surface area contributed by atoms with Crippen molar-refractivity contribution in [1.82, 2.24) is 20.1 Å². The summed E-state index contributed by atoms with van der Waals surface area (Å²) in [6.07, 6.45) is 3.25. The lowest BCUT2D eigenvalue weighted by Gasteiger charge is -2.25. The second-order valence-electron chi connectivity index (χ2n) is 5.21. The molecular formula is C12H20N4O. The van der Waals surface area contributed by atoms with Crippen LogP contribution in [0.1, 0.15) is 25.0 Å². The average molecular weight is 236 g/mol. The number of ether oxygens (including phenoxy) is 1. The number of nitrogens with zero attached hydrogens (tertiary/aromatic N) is 3. The van der Waals surface area contributed by atoms with E-state index in [2.05, 4.69) is 27.0 Å². The van der Waals surface area contributed by atoms with Gasteiger partial charge in [-0.05, 0) is 12.3 Å². The highest BCUT2D eigenvalue weighted by atomic mass is 16.5. The van der Waals surface area contributed by atoms with Crippen molar-refractivity contribution in [1.29, 1.82) is 0 Å². The zero-order valence-corrected chi connectivity index (χ0v) is 10.4. The van der Waals surface area contributed by atoms with Gasteiger partial charge in [-0.3, -0.25) is 0 Å². The van der Waals surface area contributed by atoms with Crippen LogP contribution in [0.3, 0.4) is 0 Å². The lowest BCUT2D eigenvalue weighted by molar-refractivity contribution is 0.0760. The Morgan fingerprint density at radius 3 is 3.24 bits per heavy atom. The molecule has 5 nitrogen and oxygen atoms in total. The number of fused-ring (bicyclic) bond motifs is 1. The first-order valence-electron chi connectivity index (χ1n) is 6.55. The third-order valence-corrected chi connectivity index (χ3v) is 3.71. The quantitative estimate of drug-likeness (QED) is 0.807. The number of hydrogen-bond acceptors (Lipinski definition) is 4. The van der Waals surface area contributed by atoms with Crippen LogP contribution in [0.2, 0.25) is 0 Å². The summed E-state index contributed by atoms with van der Waals surface area (Å²) < 4.78 is 7.77. The van der Waals surface area contributed by atoms with Gasteiger partial charge in [0.15, 0.2) is 0 Å². The molecule has 2 atom stereocenters. The largest absolute Gasteiger partial charge is 0.379 e. The molecule has 0 spiro atoms. The molecule has 1 N–H and O–H groups in total. The third kappa shape index (κ3) is 2.35. The molecule has 0 radical (unpaired) electrons. The smallest absolute Gasteiger partial charge is 0.134 e. The van der Waals surface area contributed by atoms with Crippen LogP contribution in [0.4, 0.5) is 0 Å². The van der Waals surface area contributed by atoms with Crippen LogP contribution in [0.5, 0.6) is 0 Å². The van der Waals surface area contributed by atoms with Crippen molar-refractivity contribution < 1.29 is 4.74 Å². The lowest BCUT2D eigenvalue weighted by Crippen LogP contribution is -2.43. The molecule has 0 aliphatic carbocycles. The Balaban J connectivity index is 1.71. The van der Waals surface area contributed by atoms with Crippen molar-refractivity contribution in [2.45, 2.75) is 38.8 Å². The summed E-state index contributed by atoms with van der Waals surface area (Å²) in [7, 11) is 0. The van der Waals surface area contributed by atoms with Gasteiger partial charge in [0.25, 0.3) is 0 Å². The van der Waals surface area contributed by atoms with Crippen LogP contribution in [-0.2, 0) is 24.1 Å². The SMILES string of the molecule is CC1CCn2c(nnc2CC2COCCN2)C1.